The van der Waals surface area contributed by atoms with Crippen LogP contribution in [-0.2, 0) is 24.0 Å². The average molecular weight is 511 g/mol. The fourth-order valence-corrected chi connectivity index (χ4v) is 5.47. The Bertz CT molecular complexity index is 789. The van der Waals surface area contributed by atoms with Crippen molar-refractivity contribution in [2.24, 2.45) is 23.0 Å². The van der Waals surface area contributed by atoms with Crippen LogP contribution in [0.25, 0.3) is 0 Å². The Kier molecular flexibility index (Phi) is 11.6. The molecule has 36 heavy (non-hydrogen) atoms. The lowest BCUT2D eigenvalue weighted by Gasteiger charge is -2.34. The summed E-state index contributed by atoms with van der Waals surface area (Å²) < 4.78 is 0. The summed E-state index contributed by atoms with van der Waals surface area (Å²) in [4.78, 5) is 60.9. The Morgan fingerprint density at radius 1 is 1.00 bits per heavy atom. The van der Waals surface area contributed by atoms with Crippen LogP contribution in [0.1, 0.15) is 84.0 Å². The summed E-state index contributed by atoms with van der Waals surface area (Å²) in [6, 6.07) is -0.881. The van der Waals surface area contributed by atoms with Gasteiger partial charge in [-0.3, -0.25) is 24.0 Å². The number of carbonyl (C=O) groups excluding carboxylic acids is 3. The van der Waals surface area contributed by atoms with Crippen molar-refractivity contribution in [2.75, 3.05) is 13.1 Å². The molecule has 0 spiro atoms. The van der Waals surface area contributed by atoms with E-state index in [1.165, 1.54) is 6.92 Å². The molecular weight excluding hydrogens is 468 g/mol. The molecule has 0 heterocycles. The first-order valence-electron chi connectivity index (χ1n) is 13.1. The van der Waals surface area contributed by atoms with Crippen LogP contribution in [0.5, 0.6) is 0 Å². The van der Waals surface area contributed by atoms with Crippen molar-refractivity contribution in [1.29, 1.82) is 0 Å². The predicted molar refractivity (Wildman–Crippen MR) is 132 cm³/mol. The molecule has 7 N–H and O–H groups in total. The van der Waals surface area contributed by atoms with Crippen molar-refractivity contribution in [2.45, 2.75) is 96.1 Å². The van der Waals surface area contributed by atoms with Crippen molar-refractivity contribution in [3.8, 4) is 0 Å². The fraction of sp³-hybridized carbons (Fsp3) is 0.800. The van der Waals surface area contributed by atoms with Crippen molar-refractivity contribution in [1.82, 2.24) is 16.0 Å². The SMILES string of the molecule is CC(=O)N[C@@H](CCCCN)C(=O)NCC(CC1(C(=O)N[C@H]2CC[C@@H](C(=O)O)CC2)CCCC1)C(=O)O. The third kappa shape index (κ3) is 8.76. The van der Waals surface area contributed by atoms with Crippen molar-refractivity contribution in [3.63, 3.8) is 0 Å². The molecule has 11 heteroatoms. The number of hydrogen-bond donors (Lipinski definition) is 6. The normalized spacial score (nSPS) is 22.7. The smallest absolute Gasteiger partial charge is 0.308 e. The van der Waals surface area contributed by atoms with Crippen LogP contribution in [-0.4, -0.2) is 65.0 Å². The standard InChI is InChI=1S/C25H42N4O7/c1-16(30)28-20(6-2-5-13-26)21(31)27-15-18(23(34)35)14-25(11-3-4-12-25)24(36)29-19-9-7-17(8-10-19)22(32)33/h17-20H,2-15,26H2,1H3,(H,27,31)(H,28,30)(H,29,36)(H,32,33)(H,34,35)/t17-,18?,19+,20-/m0/s1. The van der Waals surface area contributed by atoms with Gasteiger partial charge in [0, 0.05) is 19.5 Å². The third-order valence-electron chi connectivity index (χ3n) is 7.60. The molecule has 2 fully saturated rings. The van der Waals surface area contributed by atoms with Gasteiger partial charge in [0.25, 0.3) is 0 Å². The Labute approximate surface area is 212 Å². The molecule has 0 aromatic rings. The molecule has 2 saturated carbocycles. The van der Waals surface area contributed by atoms with Crippen LogP contribution in [0.15, 0.2) is 0 Å². The summed E-state index contributed by atoms with van der Waals surface area (Å²) in [5.41, 5.74) is 4.68. The minimum atomic E-state index is -1.09. The van der Waals surface area contributed by atoms with Gasteiger partial charge >= 0.3 is 11.9 Å². The van der Waals surface area contributed by atoms with Gasteiger partial charge in [-0.15, -0.1) is 0 Å². The van der Waals surface area contributed by atoms with Crippen LogP contribution in [0.2, 0.25) is 0 Å². The fourth-order valence-electron chi connectivity index (χ4n) is 5.47. The van der Waals surface area contributed by atoms with Gasteiger partial charge in [0.1, 0.15) is 6.04 Å². The van der Waals surface area contributed by atoms with Crippen molar-refractivity contribution < 1.29 is 34.2 Å². The maximum Gasteiger partial charge on any atom is 0.308 e. The molecule has 0 radical (unpaired) electrons. The molecule has 1 unspecified atom stereocenters. The second-order valence-electron chi connectivity index (χ2n) is 10.4. The molecule has 0 aromatic carbocycles. The number of carbonyl (C=O) groups is 5. The second kappa shape index (κ2) is 14.2. The predicted octanol–water partition coefficient (Wildman–Crippen LogP) is 1.15. The highest BCUT2D eigenvalue weighted by Gasteiger charge is 2.45. The van der Waals surface area contributed by atoms with Gasteiger partial charge in [-0.2, -0.15) is 0 Å². The van der Waals surface area contributed by atoms with Gasteiger partial charge in [-0.05, 0) is 70.8 Å². The number of amides is 3. The van der Waals surface area contributed by atoms with Crippen molar-refractivity contribution in [3.05, 3.63) is 0 Å². The van der Waals surface area contributed by atoms with E-state index < -0.39 is 35.2 Å². The Morgan fingerprint density at radius 2 is 1.64 bits per heavy atom. The van der Waals surface area contributed by atoms with E-state index in [0.29, 0.717) is 64.3 Å². The summed E-state index contributed by atoms with van der Waals surface area (Å²) >= 11 is 0. The number of nitrogens with one attached hydrogen (secondary N) is 3. The number of carboxylic acid groups (broad SMARTS) is 2. The van der Waals surface area contributed by atoms with Crippen LogP contribution in [0.3, 0.4) is 0 Å². The number of rotatable bonds is 14. The van der Waals surface area contributed by atoms with Gasteiger partial charge in [0.2, 0.25) is 17.7 Å². The third-order valence-corrected chi connectivity index (χ3v) is 7.60. The Morgan fingerprint density at radius 3 is 2.17 bits per heavy atom. The number of unbranched alkanes of at least 4 members (excludes halogenated alkanes) is 1. The Hall–Kier alpha value is -2.69. The first-order chi connectivity index (χ1) is 17.1. The molecule has 0 saturated heterocycles. The molecule has 2 rings (SSSR count). The maximum absolute atomic E-state index is 13.4. The molecular formula is C25H42N4O7. The van der Waals surface area contributed by atoms with Gasteiger partial charge in [-0.1, -0.05) is 12.8 Å². The largest absolute Gasteiger partial charge is 0.481 e. The van der Waals surface area contributed by atoms with Gasteiger partial charge < -0.3 is 31.9 Å². The first kappa shape index (κ1) is 29.5. The lowest BCUT2D eigenvalue weighted by Crippen LogP contribution is -2.50. The second-order valence-corrected chi connectivity index (χ2v) is 10.4. The van der Waals surface area contributed by atoms with Gasteiger partial charge in [0.15, 0.2) is 0 Å². The van der Waals surface area contributed by atoms with Crippen molar-refractivity contribution >= 4 is 29.7 Å². The molecule has 3 amide bonds. The van der Waals surface area contributed by atoms with E-state index in [4.69, 9.17) is 5.73 Å². The summed E-state index contributed by atoms with van der Waals surface area (Å²) in [6.07, 6.45) is 6.86. The minimum Gasteiger partial charge on any atom is -0.481 e. The molecule has 2 atom stereocenters. The van der Waals surface area contributed by atoms with Crippen LogP contribution < -0.4 is 21.7 Å². The van der Waals surface area contributed by atoms with E-state index in [1.807, 2.05) is 0 Å². The average Bonchev–Trinajstić information content (AvgIpc) is 3.31. The van der Waals surface area contributed by atoms with Gasteiger partial charge in [0.05, 0.1) is 17.3 Å². The maximum atomic E-state index is 13.4. The lowest BCUT2D eigenvalue weighted by molar-refractivity contribution is -0.144. The summed E-state index contributed by atoms with van der Waals surface area (Å²) in [6.45, 7) is 1.65. The number of hydrogen-bond acceptors (Lipinski definition) is 6. The lowest BCUT2D eigenvalue weighted by atomic mass is 9.76. The molecule has 0 aromatic heterocycles. The highest BCUT2D eigenvalue weighted by atomic mass is 16.4. The Balaban J connectivity index is 2.00. The highest BCUT2D eigenvalue weighted by Crippen LogP contribution is 2.44. The molecule has 0 aliphatic heterocycles. The minimum absolute atomic E-state index is 0.108. The van der Waals surface area contributed by atoms with Gasteiger partial charge in [-0.25, -0.2) is 0 Å². The molecule has 2 aliphatic rings. The molecule has 11 nitrogen and oxygen atoms in total. The van der Waals surface area contributed by atoms with E-state index in [9.17, 15) is 34.2 Å². The molecule has 0 bridgehead atoms. The topological polar surface area (TPSA) is 188 Å². The molecule has 204 valence electrons. The zero-order chi connectivity index (χ0) is 26.7. The molecule has 2 aliphatic carbocycles. The van der Waals surface area contributed by atoms with E-state index in [1.54, 1.807) is 0 Å². The number of nitrogens with two attached hydrogens (primary N) is 1. The first-order valence-corrected chi connectivity index (χ1v) is 13.1. The quantitative estimate of drug-likeness (QED) is 0.188. The van der Waals surface area contributed by atoms with Crippen LogP contribution >= 0.6 is 0 Å². The monoisotopic (exact) mass is 510 g/mol. The summed E-state index contributed by atoms with van der Waals surface area (Å²) in [7, 11) is 0. The van der Waals surface area contributed by atoms with Crippen LogP contribution in [0.4, 0.5) is 0 Å². The zero-order valence-corrected chi connectivity index (χ0v) is 21.2. The van der Waals surface area contributed by atoms with E-state index in [0.717, 1.165) is 12.8 Å². The summed E-state index contributed by atoms with van der Waals surface area (Å²) in [5.74, 6) is -4.20. The number of carboxylic acids is 2. The van der Waals surface area contributed by atoms with Crippen LogP contribution in [0, 0.1) is 17.3 Å². The summed E-state index contributed by atoms with van der Waals surface area (Å²) in [5, 5.41) is 27.4. The van der Waals surface area contributed by atoms with E-state index in [2.05, 4.69) is 16.0 Å². The van der Waals surface area contributed by atoms with E-state index >= 15 is 0 Å². The highest BCUT2D eigenvalue weighted by molar-refractivity contribution is 5.87. The number of aliphatic carboxylic acids is 2. The van der Waals surface area contributed by atoms with E-state index in [-0.39, 0.29) is 36.7 Å². The zero-order valence-electron chi connectivity index (χ0n) is 21.2.